The third kappa shape index (κ3) is 5.44. The molecule has 4 aromatic rings. The van der Waals surface area contributed by atoms with Crippen LogP contribution in [0.15, 0.2) is 78.9 Å². The van der Waals surface area contributed by atoms with E-state index >= 15 is 0 Å². The van der Waals surface area contributed by atoms with E-state index in [1.54, 1.807) is 18.2 Å². The van der Waals surface area contributed by atoms with E-state index in [1.165, 1.54) is 48.5 Å². The second-order valence-electron chi connectivity index (χ2n) is 8.02. The SMILES string of the molecule is CCOCc1ccc(OC(=O)c2ccc(-c3ccc(-c4ccc(C)cc4)c(F)c3F)cc2)c(F)c1. The molecule has 0 unspecified atom stereocenters. The fourth-order valence-electron chi connectivity index (χ4n) is 3.61. The highest BCUT2D eigenvalue weighted by atomic mass is 19.2. The first-order valence-corrected chi connectivity index (χ1v) is 11.1. The van der Waals surface area contributed by atoms with Crippen LogP contribution in [0.2, 0.25) is 0 Å². The number of carbonyl (C=O) groups is 1. The molecule has 0 aliphatic heterocycles. The van der Waals surface area contributed by atoms with E-state index in [-0.39, 0.29) is 29.0 Å². The van der Waals surface area contributed by atoms with Gasteiger partial charge in [0.1, 0.15) is 0 Å². The number of carbonyl (C=O) groups excluding carboxylic acids is 1. The van der Waals surface area contributed by atoms with Crippen molar-refractivity contribution >= 4 is 5.97 Å². The smallest absolute Gasteiger partial charge is 0.343 e. The van der Waals surface area contributed by atoms with Crippen molar-refractivity contribution in [3.05, 3.63) is 113 Å². The maximum atomic E-state index is 14.9. The van der Waals surface area contributed by atoms with E-state index in [2.05, 4.69) is 0 Å². The fourth-order valence-corrected chi connectivity index (χ4v) is 3.61. The summed E-state index contributed by atoms with van der Waals surface area (Å²) < 4.78 is 54.4. The molecule has 4 aromatic carbocycles. The van der Waals surface area contributed by atoms with E-state index in [0.29, 0.717) is 23.3 Å². The molecule has 4 rings (SSSR count). The van der Waals surface area contributed by atoms with Crippen LogP contribution >= 0.6 is 0 Å². The summed E-state index contributed by atoms with van der Waals surface area (Å²) in [6.45, 7) is 4.51. The van der Waals surface area contributed by atoms with Crippen LogP contribution in [0.4, 0.5) is 13.2 Å². The second kappa shape index (κ2) is 10.6. The van der Waals surface area contributed by atoms with Gasteiger partial charge in [-0.15, -0.1) is 0 Å². The standard InChI is InChI=1S/C29H23F3O3/c1-3-34-17-19-6-15-26(25(30)16-19)35-29(33)22-11-9-21(10-12-22)24-14-13-23(27(31)28(24)32)20-7-4-18(2)5-8-20/h4-16H,3,17H2,1-2H3. The predicted octanol–water partition coefficient (Wildman–Crippen LogP) is 7.50. The second-order valence-corrected chi connectivity index (χ2v) is 8.02. The Morgan fingerprint density at radius 1 is 0.771 bits per heavy atom. The summed E-state index contributed by atoms with van der Waals surface area (Å²) in [5, 5.41) is 0. The van der Waals surface area contributed by atoms with Crippen molar-refractivity contribution in [1.29, 1.82) is 0 Å². The Balaban J connectivity index is 1.51. The van der Waals surface area contributed by atoms with Gasteiger partial charge in [-0.1, -0.05) is 60.2 Å². The number of halogens is 3. The summed E-state index contributed by atoms with van der Waals surface area (Å²) >= 11 is 0. The Morgan fingerprint density at radius 2 is 1.34 bits per heavy atom. The van der Waals surface area contributed by atoms with Crippen LogP contribution in [-0.4, -0.2) is 12.6 Å². The maximum absolute atomic E-state index is 14.9. The van der Waals surface area contributed by atoms with Crippen LogP contribution in [0.3, 0.4) is 0 Å². The zero-order valence-corrected chi connectivity index (χ0v) is 19.3. The number of esters is 1. The van der Waals surface area contributed by atoms with Crippen molar-refractivity contribution in [3.8, 4) is 28.0 Å². The summed E-state index contributed by atoms with van der Waals surface area (Å²) in [5.74, 6) is -3.59. The van der Waals surface area contributed by atoms with Gasteiger partial charge in [-0.25, -0.2) is 18.0 Å². The molecule has 0 N–H and O–H groups in total. The molecule has 0 aliphatic rings. The predicted molar refractivity (Wildman–Crippen MR) is 129 cm³/mol. The number of rotatable bonds is 7. The molecule has 35 heavy (non-hydrogen) atoms. The van der Waals surface area contributed by atoms with Crippen molar-refractivity contribution in [3.63, 3.8) is 0 Å². The first-order valence-electron chi connectivity index (χ1n) is 11.1. The molecule has 0 radical (unpaired) electrons. The highest BCUT2D eigenvalue weighted by molar-refractivity contribution is 5.91. The lowest BCUT2D eigenvalue weighted by Gasteiger charge is -2.10. The molecule has 0 bridgehead atoms. The first kappa shape index (κ1) is 24.2. The van der Waals surface area contributed by atoms with Gasteiger partial charge in [0.2, 0.25) is 0 Å². The zero-order chi connectivity index (χ0) is 24.9. The zero-order valence-electron chi connectivity index (χ0n) is 19.3. The van der Waals surface area contributed by atoms with Crippen LogP contribution < -0.4 is 4.74 Å². The van der Waals surface area contributed by atoms with Crippen LogP contribution in [0, 0.1) is 24.4 Å². The number of ether oxygens (including phenoxy) is 2. The molecule has 6 heteroatoms. The number of hydrogen-bond donors (Lipinski definition) is 0. The van der Waals surface area contributed by atoms with Gasteiger partial charge in [0.15, 0.2) is 23.2 Å². The highest BCUT2D eigenvalue weighted by Gasteiger charge is 2.17. The Bertz CT molecular complexity index is 1350. The van der Waals surface area contributed by atoms with Crippen molar-refractivity contribution in [2.45, 2.75) is 20.5 Å². The monoisotopic (exact) mass is 476 g/mol. The molecular weight excluding hydrogens is 453 g/mol. The fraction of sp³-hybridized carbons (Fsp3) is 0.138. The Kier molecular flexibility index (Phi) is 7.32. The minimum atomic E-state index is -0.979. The molecule has 0 saturated carbocycles. The molecule has 0 aromatic heterocycles. The van der Waals surface area contributed by atoms with Crippen LogP contribution in [-0.2, 0) is 11.3 Å². The number of hydrogen-bond acceptors (Lipinski definition) is 3. The quantitative estimate of drug-likeness (QED) is 0.205. The minimum Gasteiger partial charge on any atom is -0.420 e. The maximum Gasteiger partial charge on any atom is 0.343 e. The van der Waals surface area contributed by atoms with Crippen LogP contribution in [0.5, 0.6) is 5.75 Å². The Morgan fingerprint density at radius 3 is 1.89 bits per heavy atom. The topological polar surface area (TPSA) is 35.5 Å². The van der Waals surface area contributed by atoms with Crippen molar-refractivity contribution in [1.82, 2.24) is 0 Å². The van der Waals surface area contributed by atoms with Gasteiger partial charge in [-0.05, 0) is 54.8 Å². The number of benzene rings is 4. The van der Waals surface area contributed by atoms with Crippen LogP contribution in [0.1, 0.15) is 28.4 Å². The van der Waals surface area contributed by atoms with Gasteiger partial charge < -0.3 is 9.47 Å². The van der Waals surface area contributed by atoms with E-state index in [0.717, 1.165) is 5.56 Å². The van der Waals surface area contributed by atoms with Crippen molar-refractivity contribution < 1.29 is 27.4 Å². The molecule has 3 nitrogen and oxygen atoms in total. The Hall–Kier alpha value is -3.90. The lowest BCUT2D eigenvalue weighted by molar-refractivity contribution is 0.0727. The Labute approximate surface area is 201 Å². The summed E-state index contributed by atoms with van der Waals surface area (Å²) in [7, 11) is 0. The summed E-state index contributed by atoms with van der Waals surface area (Å²) in [4.78, 5) is 12.5. The van der Waals surface area contributed by atoms with Gasteiger partial charge in [0.05, 0.1) is 12.2 Å². The normalized spacial score (nSPS) is 10.9. The van der Waals surface area contributed by atoms with Crippen molar-refractivity contribution in [2.75, 3.05) is 6.61 Å². The van der Waals surface area contributed by atoms with Gasteiger partial charge >= 0.3 is 5.97 Å². The van der Waals surface area contributed by atoms with Crippen LogP contribution in [0.25, 0.3) is 22.3 Å². The lowest BCUT2D eigenvalue weighted by atomic mass is 9.98. The molecule has 0 atom stereocenters. The molecule has 0 saturated heterocycles. The largest absolute Gasteiger partial charge is 0.420 e. The molecule has 0 heterocycles. The highest BCUT2D eigenvalue weighted by Crippen LogP contribution is 2.32. The summed E-state index contributed by atoms with van der Waals surface area (Å²) in [5.41, 5.74) is 2.98. The first-order chi connectivity index (χ1) is 16.9. The molecule has 178 valence electrons. The van der Waals surface area contributed by atoms with Gasteiger partial charge in [-0.3, -0.25) is 0 Å². The van der Waals surface area contributed by atoms with Gasteiger partial charge in [-0.2, -0.15) is 0 Å². The van der Waals surface area contributed by atoms with E-state index in [1.807, 2.05) is 26.0 Å². The summed E-state index contributed by atoms with van der Waals surface area (Å²) in [6.07, 6.45) is 0. The van der Waals surface area contributed by atoms with E-state index in [9.17, 15) is 18.0 Å². The molecule has 0 spiro atoms. The molecule has 0 fully saturated rings. The summed E-state index contributed by atoms with van der Waals surface area (Å²) in [6, 6.07) is 20.2. The molecule has 0 aliphatic carbocycles. The minimum absolute atomic E-state index is 0.0641. The van der Waals surface area contributed by atoms with Gasteiger partial charge in [0.25, 0.3) is 0 Å². The third-order valence-corrected chi connectivity index (χ3v) is 5.55. The van der Waals surface area contributed by atoms with E-state index < -0.39 is 23.4 Å². The number of aryl methyl sites for hydroxylation is 1. The third-order valence-electron chi connectivity index (χ3n) is 5.55. The molecular formula is C29H23F3O3. The van der Waals surface area contributed by atoms with Gasteiger partial charge in [0, 0.05) is 17.7 Å². The average molecular weight is 476 g/mol. The molecule has 0 amide bonds. The average Bonchev–Trinajstić information content (AvgIpc) is 2.86. The van der Waals surface area contributed by atoms with E-state index in [4.69, 9.17) is 9.47 Å². The lowest BCUT2D eigenvalue weighted by Crippen LogP contribution is -2.09. The van der Waals surface area contributed by atoms with Crippen molar-refractivity contribution in [2.24, 2.45) is 0 Å².